The Bertz CT molecular complexity index is 569. The van der Waals surface area contributed by atoms with E-state index in [2.05, 4.69) is 10.4 Å². The summed E-state index contributed by atoms with van der Waals surface area (Å²) in [6, 6.07) is 10.9. The third-order valence-corrected chi connectivity index (χ3v) is 2.37. The van der Waals surface area contributed by atoms with Crippen LogP contribution in [0.1, 0.15) is 5.69 Å². The van der Waals surface area contributed by atoms with Crippen LogP contribution in [0.25, 0.3) is 0 Å². The molecule has 0 atom stereocenters. The molecule has 0 fully saturated rings. The number of anilines is 1. The van der Waals surface area contributed by atoms with E-state index in [4.69, 9.17) is 12.2 Å². The van der Waals surface area contributed by atoms with Crippen molar-refractivity contribution in [3.05, 3.63) is 57.2 Å². The van der Waals surface area contributed by atoms with E-state index in [0.717, 1.165) is 11.4 Å². The van der Waals surface area contributed by atoms with Gasteiger partial charge < -0.3 is 4.98 Å². The van der Waals surface area contributed by atoms with Gasteiger partial charge in [-0.1, -0.05) is 18.2 Å². The first-order chi connectivity index (χ1) is 7.66. The third kappa shape index (κ3) is 2.20. The smallest absolute Gasteiger partial charge is 0.273 e. The molecule has 0 aliphatic carbocycles. The maximum absolute atomic E-state index is 11.7. The van der Waals surface area contributed by atoms with E-state index in [1.54, 1.807) is 6.92 Å². The highest BCUT2D eigenvalue weighted by atomic mass is 32.1. The number of aryl methyl sites for hydroxylation is 1. The molecule has 2 N–H and O–H groups in total. The molecule has 0 aliphatic heterocycles. The molecule has 0 spiro atoms. The molecule has 5 heteroatoms. The van der Waals surface area contributed by atoms with Crippen molar-refractivity contribution < 1.29 is 0 Å². The predicted molar refractivity (Wildman–Crippen MR) is 66.1 cm³/mol. The summed E-state index contributed by atoms with van der Waals surface area (Å²) in [6.45, 7) is 1.80. The zero-order valence-electron chi connectivity index (χ0n) is 8.73. The fourth-order valence-electron chi connectivity index (χ4n) is 1.36. The summed E-state index contributed by atoms with van der Waals surface area (Å²) in [7, 11) is 0. The highest BCUT2D eigenvalue weighted by Gasteiger charge is 1.99. The second-order valence-corrected chi connectivity index (χ2v) is 3.80. The van der Waals surface area contributed by atoms with E-state index in [0.29, 0.717) is 4.77 Å². The van der Waals surface area contributed by atoms with Crippen LogP contribution in [0.5, 0.6) is 0 Å². The molecule has 1 aromatic heterocycles. The molecule has 0 radical (unpaired) electrons. The van der Waals surface area contributed by atoms with E-state index >= 15 is 0 Å². The molecule has 2 aromatic rings. The standard InChI is InChI=1S/C11H11N3OS/c1-8-7-10(15)14(11(16)12-8)13-9-5-3-2-4-6-9/h2-7,13H,1H3,(H,12,16). The summed E-state index contributed by atoms with van der Waals surface area (Å²) >= 11 is 5.07. The first kappa shape index (κ1) is 10.6. The second-order valence-electron chi connectivity index (χ2n) is 3.41. The number of nitrogens with zero attached hydrogens (tertiary/aromatic N) is 1. The normalized spacial score (nSPS) is 10.1. The molecule has 82 valence electrons. The molecule has 0 bridgehead atoms. The third-order valence-electron chi connectivity index (χ3n) is 2.08. The van der Waals surface area contributed by atoms with E-state index in [1.165, 1.54) is 10.7 Å². The van der Waals surface area contributed by atoms with Crippen LogP contribution in [0.15, 0.2) is 41.2 Å². The van der Waals surface area contributed by atoms with Gasteiger partial charge in [0.1, 0.15) is 0 Å². The van der Waals surface area contributed by atoms with Crippen molar-refractivity contribution in [2.24, 2.45) is 0 Å². The molecular formula is C11H11N3OS. The van der Waals surface area contributed by atoms with E-state index in [-0.39, 0.29) is 5.56 Å². The highest BCUT2D eigenvalue weighted by Crippen LogP contribution is 2.04. The lowest BCUT2D eigenvalue weighted by Gasteiger charge is -2.09. The van der Waals surface area contributed by atoms with Crippen molar-refractivity contribution in [2.45, 2.75) is 6.92 Å². The van der Waals surface area contributed by atoms with Crippen molar-refractivity contribution in [3.8, 4) is 0 Å². The maximum Gasteiger partial charge on any atom is 0.273 e. The lowest BCUT2D eigenvalue weighted by molar-refractivity contribution is 0.828. The minimum atomic E-state index is -0.176. The highest BCUT2D eigenvalue weighted by molar-refractivity contribution is 7.71. The number of hydrogen-bond donors (Lipinski definition) is 2. The lowest BCUT2D eigenvalue weighted by Crippen LogP contribution is -2.27. The molecule has 1 heterocycles. The zero-order chi connectivity index (χ0) is 11.5. The van der Waals surface area contributed by atoms with Gasteiger partial charge in [0.15, 0.2) is 4.77 Å². The maximum atomic E-state index is 11.7. The quantitative estimate of drug-likeness (QED) is 0.781. The monoisotopic (exact) mass is 233 g/mol. The fourth-order valence-corrected chi connectivity index (χ4v) is 1.65. The molecule has 0 saturated carbocycles. The van der Waals surface area contributed by atoms with Crippen molar-refractivity contribution in [1.82, 2.24) is 9.66 Å². The van der Waals surface area contributed by atoms with Gasteiger partial charge in [-0.3, -0.25) is 10.2 Å². The number of rotatable bonds is 2. The van der Waals surface area contributed by atoms with Gasteiger partial charge in [0.05, 0.1) is 5.69 Å². The summed E-state index contributed by atoms with van der Waals surface area (Å²) in [4.78, 5) is 14.6. The zero-order valence-corrected chi connectivity index (χ0v) is 9.54. The van der Waals surface area contributed by atoms with Crippen LogP contribution in [0, 0.1) is 11.7 Å². The van der Waals surface area contributed by atoms with Gasteiger partial charge >= 0.3 is 0 Å². The SMILES string of the molecule is Cc1cc(=O)n(Nc2ccccc2)c(=S)[nH]1. The first-order valence-electron chi connectivity index (χ1n) is 4.82. The molecule has 1 aromatic carbocycles. The summed E-state index contributed by atoms with van der Waals surface area (Å²) in [5.41, 5.74) is 4.32. The lowest BCUT2D eigenvalue weighted by atomic mass is 10.3. The number of H-pyrrole nitrogens is 1. The molecule has 0 unspecified atom stereocenters. The largest absolute Gasteiger partial charge is 0.335 e. The number of aromatic amines is 1. The van der Waals surface area contributed by atoms with Crippen molar-refractivity contribution in [3.63, 3.8) is 0 Å². The number of aromatic nitrogens is 2. The molecule has 0 aliphatic rings. The average Bonchev–Trinajstić information content (AvgIpc) is 2.25. The fraction of sp³-hybridized carbons (Fsp3) is 0.0909. The van der Waals surface area contributed by atoms with Crippen LogP contribution in [0.3, 0.4) is 0 Å². The average molecular weight is 233 g/mol. The molecule has 2 rings (SSSR count). The van der Waals surface area contributed by atoms with Crippen LogP contribution in [0.4, 0.5) is 5.69 Å². The number of para-hydroxylation sites is 1. The topological polar surface area (TPSA) is 49.8 Å². The van der Waals surface area contributed by atoms with Crippen LogP contribution in [-0.4, -0.2) is 9.66 Å². The van der Waals surface area contributed by atoms with Crippen LogP contribution < -0.4 is 11.0 Å². The van der Waals surface area contributed by atoms with Gasteiger partial charge in [-0.05, 0) is 31.3 Å². The molecular weight excluding hydrogens is 222 g/mol. The second kappa shape index (κ2) is 4.32. The minimum absolute atomic E-state index is 0.176. The Hall–Kier alpha value is -1.88. The Labute approximate surface area is 97.5 Å². The summed E-state index contributed by atoms with van der Waals surface area (Å²) < 4.78 is 1.66. The van der Waals surface area contributed by atoms with Crippen LogP contribution >= 0.6 is 12.2 Å². The van der Waals surface area contributed by atoms with Crippen molar-refractivity contribution in [1.29, 1.82) is 0 Å². The minimum Gasteiger partial charge on any atom is -0.335 e. The Morgan fingerprint density at radius 2 is 2.00 bits per heavy atom. The number of benzene rings is 1. The Morgan fingerprint density at radius 1 is 1.31 bits per heavy atom. The van der Waals surface area contributed by atoms with Gasteiger partial charge in [0.2, 0.25) is 0 Å². The van der Waals surface area contributed by atoms with Gasteiger partial charge in [-0.2, -0.15) is 4.68 Å². The Balaban J connectivity index is 2.44. The molecule has 16 heavy (non-hydrogen) atoms. The molecule has 0 amide bonds. The van der Waals surface area contributed by atoms with Gasteiger partial charge in [-0.15, -0.1) is 0 Å². The summed E-state index contributed by atoms with van der Waals surface area (Å²) in [6.07, 6.45) is 0. The van der Waals surface area contributed by atoms with Crippen LogP contribution in [-0.2, 0) is 0 Å². The molecule has 0 saturated heterocycles. The summed E-state index contributed by atoms with van der Waals surface area (Å²) in [5, 5.41) is 0. The Morgan fingerprint density at radius 3 is 2.62 bits per heavy atom. The number of nitrogens with one attached hydrogen (secondary N) is 2. The van der Waals surface area contributed by atoms with E-state index in [1.807, 2.05) is 30.3 Å². The summed E-state index contributed by atoms with van der Waals surface area (Å²) in [5.74, 6) is 0. The van der Waals surface area contributed by atoms with Crippen molar-refractivity contribution in [2.75, 3.05) is 5.43 Å². The predicted octanol–water partition coefficient (Wildman–Crippen LogP) is 2.09. The van der Waals surface area contributed by atoms with E-state index < -0.39 is 0 Å². The van der Waals surface area contributed by atoms with Crippen LogP contribution in [0.2, 0.25) is 0 Å². The first-order valence-corrected chi connectivity index (χ1v) is 5.23. The van der Waals surface area contributed by atoms with E-state index in [9.17, 15) is 4.79 Å². The number of hydrogen-bond acceptors (Lipinski definition) is 3. The van der Waals surface area contributed by atoms with Gasteiger partial charge in [0, 0.05) is 11.8 Å². The van der Waals surface area contributed by atoms with Gasteiger partial charge in [0.25, 0.3) is 5.56 Å². The van der Waals surface area contributed by atoms with Crippen molar-refractivity contribution >= 4 is 17.9 Å². The Kier molecular flexibility index (Phi) is 2.87. The van der Waals surface area contributed by atoms with Gasteiger partial charge in [-0.25, -0.2) is 0 Å². The molecule has 4 nitrogen and oxygen atoms in total.